The quantitative estimate of drug-likeness (QED) is 0.618. The number of imide groups is 1. The molecule has 8 nitrogen and oxygen atoms in total. The molecule has 0 fully saturated rings. The van der Waals surface area contributed by atoms with E-state index in [1.54, 1.807) is 30.3 Å². The van der Waals surface area contributed by atoms with Gasteiger partial charge in [-0.25, -0.2) is 9.59 Å². The molecule has 0 spiro atoms. The second-order valence-electron chi connectivity index (χ2n) is 5.82. The minimum atomic E-state index is -0.997. The number of carbonyl (C=O) groups is 4. The van der Waals surface area contributed by atoms with E-state index in [1.807, 2.05) is 35.6 Å². The fourth-order valence-corrected chi connectivity index (χ4v) is 2.34. The Bertz CT molecular complexity index is 824. The van der Waals surface area contributed by atoms with Crippen LogP contribution in [0.3, 0.4) is 0 Å². The minimum absolute atomic E-state index is 0.190. The molecule has 0 unspecified atom stereocenters. The van der Waals surface area contributed by atoms with Crippen LogP contribution >= 0.6 is 0 Å². The highest BCUT2D eigenvalue weighted by Gasteiger charge is 2.24. The summed E-state index contributed by atoms with van der Waals surface area (Å²) in [5.74, 6) is -1.99. The zero-order valence-electron chi connectivity index (χ0n) is 15.3. The molecule has 0 heterocycles. The molecule has 0 saturated heterocycles. The zero-order chi connectivity index (χ0) is 20.4. The predicted octanol–water partition coefficient (Wildman–Crippen LogP) is 1.03. The van der Waals surface area contributed by atoms with E-state index in [4.69, 9.17) is 4.74 Å². The molecule has 0 aliphatic carbocycles. The fourth-order valence-electron chi connectivity index (χ4n) is 2.34. The number of nitrogens with one attached hydrogen (secondary N) is 3. The monoisotopic (exact) mass is 383 g/mol. The summed E-state index contributed by atoms with van der Waals surface area (Å²) in [5, 5.41) is 6.83. The molecule has 146 valence electrons. The van der Waals surface area contributed by atoms with Crippen LogP contribution in [0.15, 0.2) is 60.7 Å². The highest BCUT2D eigenvalue weighted by molar-refractivity contribution is 5.98. The Hall–Kier alpha value is -3.68. The smallest absolute Gasteiger partial charge is 0.329 e. The summed E-state index contributed by atoms with van der Waals surface area (Å²) in [7, 11) is 1.35. The number of hydrogen-bond acceptors (Lipinski definition) is 5. The number of rotatable bonds is 7. The maximum Gasteiger partial charge on any atom is 0.329 e. The van der Waals surface area contributed by atoms with E-state index in [0.717, 1.165) is 5.56 Å². The average molecular weight is 383 g/mol. The van der Waals surface area contributed by atoms with Crippen LogP contribution in [-0.4, -0.2) is 43.5 Å². The second-order valence-corrected chi connectivity index (χ2v) is 5.82. The number of esters is 1. The van der Waals surface area contributed by atoms with Crippen LogP contribution < -0.4 is 16.0 Å². The Kier molecular flexibility index (Phi) is 7.71. The van der Waals surface area contributed by atoms with Gasteiger partial charge in [-0.15, -0.1) is 0 Å². The van der Waals surface area contributed by atoms with Gasteiger partial charge in [0.25, 0.3) is 11.8 Å². The number of urea groups is 1. The molecule has 0 aromatic heterocycles. The number of amides is 4. The fraction of sp³-hybridized carbons (Fsp3) is 0.200. The maximum atomic E-state index is 12.5. The molecule has 2 aromatic carbocycles. The molecule has 0 aliphatic rings. The highest BCUT2D eigenvalue weighted by Crippen LogP contribution is 2.07. The molecule has 2 rings (SSSR count). The van der Waals surface area contributed by atoms with Gasteiger partial charge in [-0.05, 0) is 17.7 Å². The first-order valence-electron chi connectivity index (χ1n) is 8.57. The van der Waals surface area contributed by atoms with E-state index in [0.29, 0.717) is 5.56 Å². The van der Waals surface area contributed by atoms with Crippen LogP contribution in [0, 0.1) is 0 Å². The van der Waals surface area contributed by atoms with Gasteiger partial charge in [-0.1, -0.05) is 48.5 Å². The van der Waals surface area contributed by atoms with Crippen LogP contribution in [0.25, 0.3) is 0 Å². The first-order valence-corrected chi connectivity index (χ1v) is 8.57. The van der Waals surface area contributed by atoms with Gasteiger partial charge >= 0.3 is 12.0 Å². The number of benzene rings is 2. The van der Waals surface area contributed by atoms with Crippen molar-refractivity contribution in [3.63, 3.8) is 0 Å². The second kappa shape index (κ2) is 10.5. The first kappa shape index (κ1) is 20.6. The van der Waals surface area contributed by atoms with E-state index in [9.17, 15) is 19.2 Å². The zero-order valence-corrected chi connectivity index (χ0v) is 15.3. The highest BCUT2D eigenvalue weighted by atomic mass is 16.5. The summed E-state index contributed by atoms with van der Waals surface area (Å²) in [4.78, 5) is 47.6. The topological polar surface area (TPSA) is 114 Å². The largest absolute Gasteiger partial charge is 0.454 e. The van der Waals surface area contributed by atoms with Crippen molar-refractivity contribution in [2.45, 2.75) is 12.5 Å². The van der Waals surface area contributed by atoms with Crippen LogP contribution in [-0.2, 0) is 20.7 Å². The maximum absolute atomic E-state index is 12.5. The summed E-state index contributed by atoms with van der Waals surface area (Å²) in [6, 6.07) is 15.8. The third kappa shape index (κ3) is 6.56. The van der Waals surface area contributed by atoms with Gasteiger partial charge in [0.1, 0.15) is 6.04 Å². The molecular weight excluding hydrogens is 362 g/mol. The molecule has 0 saturated carbocycles. The van der Waals surface area contributed by atoms with Gasteiger partial charge in [-0.3, -0.25) is 14.9 Å². The van der Waals surface area contributed by atoms with E-state index >= 15 is 0 Å². The van der Waals surface area contributed by atoms with Crippen LogP contribution in [0.2, 0.25) is 0 Å². The summed E-state index contributed by atoms with van der Waals surface area (Å²) in [6.45, 7) is -0.640. The first-order chi connectivity index (χ1) is 13.5. The van der Waals surface area contributed by atoms with Crippen molar-refractivity contribution in [2.75, 3.05) is 13.7 Å². The van der Waals surface area contributed by atoms with E-state index < -0.39 is 36.5 Å². The van der Waals surface area contributed by atoms with Gasteiger partial charge in [-0.2, -0.15) is 0 Å². The van der Waals surface area contributed by atoms with Crippen molar-refractivity contribution < 1.29 is 23.9 Å². The van der Waals surface area contributed by atoms with Crippen molar-refractivity contribution in [1.82, 2.24) is 16.0 Å². The Labute approximate surface area is 162 Å². The Morgan fingerprint density at radius 3 is 2.14 bits per heavy atom. The Balaban J connectivity index is 2.04. The molecule has 4 amide bonds. The molecule has 0 bridgehead atoms. The third-order valence-electron chi connectivity index (χ3n) is 3.73. The lowest BCUT2D eigenvalue weighted by atomic mass is 10.1. The van der Waals surface area contributed by atoms with Gasteiger partial charge in [0.2, 0.25) is 0 Å². The van der Waals surface area contributed by atoms with Crippen molar-refractivity contribution in [3.8, 4) is 0 Å². The van der Waals surface area contributed by atoms with Crippen molar-refractivity contribution in [2.24, 2.45) is 0 Å². The third-order valence-corrected chi connectivity index (χ3v) is 3.73. The SMILES string of the molecule is CNC(=O)NC(=O)COC(=O)[C@@H](Cc1ccccc1)NC(=O)c1ccccc1. The normalized spacial score (nSPS) is 11.0. The molecule has 2 aromatic rings. The van der Waals surface area contributed by atoms with Crippen LogP contribution in [0.1, 0.15) is 15.9 Å². The Morgan fingerprint density at radius 1 is 0.929 bits per heavy atom. The predicted molar refractivity (Wildman–Crippen MR) is 101 cm³/mol. The minimum Gasteiger partial charge on any atom is -0.454 e. The lowest BCUT2D eigenvalue weighted by molar-refractivity contribution is -0.150. The van der Waals surface area contributed by atoms with E-state index in [2.05, 4.69) is 10.6 Å². The number of carbonyl (C=O) groups excluding carboxylic acids is 4. The van der Waals surface area contributed by atoms with Gasteiger partial charge in [0.05, 0.1) is 0 Å². The van der Waals surface area contributed by atoms with Gasteiger partial charge in [0, 0.05) is 19.0 Å². The lowest BCUT2D eigenvalue weighted by Crippen LogP contribution is -2.45. The molecule has 1 atom stereocenters. The van der Waals surface area contributed by atoms with E-state index in [1.165, 1.54) is 7.05 Å². The molecule has 0 aliphatic heterocycles. The number of hydrogen-bond donors (Lipinski definition) is 3. The van der Waals surface area contributed by atoms with Crippen molar-refractivity contribution in [1.29, 1.82) is 0 Å². The standard InChI is InChI=1S/C20H21N3O5/c1-21-20(27)23-17(24)13-28-19(26)16(12-14-8-4-2-5-9-14)22-18(25)15-10-6-3-7-11-15/h2-11,16H,12-13H2,1H3,(H,22,25)(H2,21,23,24,27)/t16-/m1/s1. The average Bonchev–Trinajstić information content (AvgIpc) is 2.72. The Morgan fingerprint density at radius 2 is 1.54 bits per heavy atom. The molecule has 0 radical (unpaired) electrons. The molecule has 8 heteroatoms. The number of ether oxygens (including phenoxy) is 1. The van der Waals surface area contributed by atoms with Crippen molar-refractivity contribution >= 4 is 23.8 Å². The van der Waals surface area contributed by atoms with Crippen LogP contribution in [0.4, 0.5) is 4.79 Å². The summed E-state index contributed by atoms with van der Waals surface area (Å²) in [6.07, 6.45) is 0.190. The molecule has 28 heavy (non-hydrogen) atoms. The van der Waals surface area contributed by atoms with Crippen LogP contribution in [0.5, 0.6) is 0 Å². The van der Waals surface area contributed by atoms with Crippen molar-refractivity contribution in [3.05, 3.63) is 71.8 Å². The summed E-state index contributed by atoms with van der Waals surface area (Å²) >= 11 is 0. The lowest BCUT2D eigenvalue weighted by Gasteiger charge is -2.18. The molecule has 3 N–H and O–H groups in total. The summed E-state index contributed by atoms with van der Waals surface area (Å²) in [5.41, 5.74) is 1.21. The van der Waals surface area contributed by atoms with Gasteiger partial charge in [0.15, 0.2) is 6.61 Å². The van der Waals surface area contributed by atoms with E-state index in [-0.39, 0.29) is 6.42 Å². The van der Waals surface area contributed by atoms with Gasteiger partial charge < -0.3 is 15.4 Å². The molecular formula is C20H21N3O5. The summed E-state index contributed by atoms with van der Waals surface area (Å²) < 4.78 is 4.97.